The third-order valence-electron chi connectivity index (χ3n) is 8.19. The van der Waals surface area contributed by atoms with Gasteiger partial charge < -0.3 is 9.72 Å². The second kappa shape index (κ2) is 7.77. The Labute approximate surface area is 197 Å². The van der Waals surface area contributed by atoms with Crippen LogP contribution in [0, 0.1) is 23.0 Å². The number of carbonyl (C=O) groups is 1. The molecule has 0 amide bonds. The highest BCUT2D eigenvalue weighted by Crippen LogP contribution is 2.65. The number of hydrogen-bond donors (Lipinski definition) is 1. The monoisotopic (exact) mass is 462 g/mol. The van der Waals surface area contributed by atoms with Gasteiger partial charge in [-0.05, 0) is 79.3 Å². The summed E-state index contributed by atoms with van der Waals surface area (Å²) in [6, 6.07) is 10.3. The number of halogens is 2. The quantitative estimate of drug-likeness (QED) is 0.387. The minimum atomic E-state index is -0.601. The van der Waals surface area contributed by atoms with Crippen LogP contribution in [0.25, 0.3) is 17.0 Å². The van der Waals surface area contributed by atoms with Crippen LogP contribution in [0.4, 0.5) is 8.78 Å². The number of aromatic amines is 1. The van der Waals surface area contributed by atoms with E-state index in [-0.39, 0.29) is 17.2 Å². The number of hydrogen-bond acceptors (Lipinski definition) is 3. The summed E-state index contributed by atoms with van der Waals surface area (Å²) in [5, 5.41) is 1.12. The number of ether oxygens (including phenoxy) is 1. The molecule has 6 heteroatoms. The molecule has 3 aliphatic carbocycles. The van der Waals surface area contributed by atoms with E-state index >= 15 is 8.78 Å². The summed E-state index contributed by atoms with van der Waals surface area (Å²) >= 11 is 0. The number of para-hydroxylation sites is 1. The van der Waals surface area contributed by atoms with Crippen molar-refractivity contribution in [1.82, 2.24) is 9.88 Å². The number of fused-ring (bicyclic) bond motifs is 3. The van der Waals surface area contributed by atoms with Crippen LogP contribution in [0.15, 0.2) is 42.5 Å². The predicted molar refractivity (Wildman–Crippen MR) is 127 cm³/mol. The maximum Gasteiger partial charge on any atom is 0.330 e. The molecule has 2 atom stereocenters. The molecule has 2 bridgehead atoms. The van der Waals surface area contributed by atoms with E-state index in [4.69, 9.17) is 0 Å². The van der Waals surface area contributed by atoms with E-state index < -0.39 is 23.6 Å². The molecule has 0 unspecified atom stereocenters. The van der Waals surface area contributed by atoms with Crippen molar-refractivity contribution in [3.05, 3.63) is 76.5 Å². The van der Waals surface area contributed by atoms with Crippen LogP contribution in [0.2, 0.25) is 0 Å². The highest BCUT2D eigenvalue weighted by Gasteiger charge is 2.58. The average molecular weight is 463 g/mol. The van der Waals surface area contributed by atoms with Crippen molar-refractivity contribution in [1.29, 1.82) is 0 Å². The van der Waals surface area contributed by atoms with E-state index in [1.165, 1.54) is 50.7 Å². The minimum Gasteiger partial charge on any atom is -0.466 e. The smallest absolute Gasteiger partial charge is 0.330 e. The van der Waals surface area contributed by atoms with Crippen LogP contribution >= 0.6 is 0 Å². The van der Waals surface area contributed by atoms with Crippen LogP contribution in [0.1, 0.15) is 54.6 Å². The van der Waals surface area contributed by atoms with Gasteiger partial charge in [0.15, 0.2) is 0 Å². The Bertz CT molecular complexity index is 1290. The lowest BCUT2D eigenvalue weighted by Gasteiger charge is -2.64. The Balaban J connectivity index is 1.47. The Morgan fingerprint density at radius 3 is 2.56 bits per heavy atom. The second-order valence-corrected chi connectivity index (χ2v) is 10.4. The zero-order valence-electron chi connectivity index (χ0n) is 19.4. The number of esters is 1. The van der Waals surface area contributed by atoms with Crippen molar-refractivity contribution in [2.24, 2.45) is 11.3 Å². The zero-order chi connectivity index (χ0) is 23.6. The lowest BCUT2D eigenvalue weighted by molar-refractivity contribution is -0.135. The van der Waals surface area contributed by atoms with Crippen molar-refractivity contribution in [2.75, 3.05) is 13.7 Å². The number of methoxy groups -OCH3 is 1. The SMILES string of the molecule is COC(=O)/C=C/c1cc(F)c([C@@H]2c3[nH]c4ccccc4c3C[C@@H](C)N2CC23CC(C2)C3)c(F)c1. The molecule has 1 aromatic heterocycles. The maximum absolute atomic E-state index is 15.7. The fraction of sp³-hybridized carbons (Fsp3) is 0.393. The molecular weight excluding hydrogens is 434 g/mol. The Morgan fingerprint density at radius 1 is 1.21 bits per heavy atom. The first-order chi connectivity index (χ1) is 16.4. The molecule has 4 aliphatic rings. The number of nitrogens with one attached hydrogen (secondary N) is 1. The second-order valence-electron chi connectivity index (χ2n) is 10.4. The van der Waals surface area contributed by atoms with Gasteiger partial charge in [-0.1, -0.05) is 18.2 Å². The lowest BCUT2D eigenvalue weighted by atomic mass is 9.44. The van der Waals surface area contributed by atoms with Crippen molar-refractivity contribution < 1.29 is 18.3 Å². The molecule has 7 rings (SSSR count). The molecule has 0 radical (unpaired) electrons. The highest BCUT2D eigenvalue weighted by atomic mass is 19.1. The van der Waals surface area contributed by atoms with E-state index in [0.29, 0.717) is 5.41 Å². The summed E-state index contributed by atoms with van der Waals surface area (Å²) in [5.41, 5.74) is 3.70. The fourth-order valence-electron chi connectivity index (χ4n) is 6.50. The molecule has 3 fully saturated rings. The van der Waals surface area contributed by atoms with Gasteiger partial charge in [0.25, 0.3) is 0 Å². The summed E-state index contributed by atoms with van der Waals surface area (Å²) in [7, 11) is 1.26. The number of aromatic nitrogens is 1. The van der Waals surface area contributed by atoms with Gasteiger partial charge in [-0.3, -0.25) is 4.90 Å². The van der Waals surface area contributed by atoms with Gasteiger partial charge in [-0.2, -0.15) is 0 Å². The van der Waals surface area contributed by atoms with Gasteiger partial charge in [0.1, 0.15) is 11.6 Å². The minimum absolute atomic E-state index is 0.0705. The first-order valence-corrected chi connectivity index (χ1v) is 12.0. The van der Waals surface area contributed by atoms with Crippen molar-refractivity contribution >= 4 is 22.9 Å². The average Bonchev–Trinajstić information content (AvgIpc) is 3.12. The van der Waals surface area contributed by atoms with Crippen molar-refractivity contribution in [3.63, 3.8) is 0 Å². The third-order valence-corrected chi connectivity index (χ3v) is 8.19. The first kappa shape index (κ1) is 21.5. The van der Waals surface area contributed by atoms with Crippen LogP contribution in [-0.2, 0) is 16.0 Å². The molecule has 4 nitrogen and oxygen atoms in total. The summed E-state index contributed by atoms with van der Waals surface area (Å²) in [5.74, 6) is -0.929. The third kappa shape index (κ3) is 3.30. The van der Waals surface area contributed by atoms with Gasteiger partial charge in [-0.25, -0.2) is 13.6 Å². The largest absolute Gasteiger partial charge is 0.466 e. The predicted octanol–water partition coefficient (Wildman–Crippen LogP) is 5.77. The van der Waals surface area contributed by atoms with Crippen LogP contribution < -0.4 is 0 Å². The Morgan fingerprint density at radius 2 is 1.91 bits per heavy atom. The van der Waals surface area contributed by atoms with Crippen LogP contribution in [0.5, 0.6) is 0 Å². The topological polar surface area (TPSA) is 45.3 Å². The fourth-order valence-corrected chi connectivity index (χ4v) is 6.50. The molecule has 0 saturated heterocycles. The molecular formula is C28H28F2N2O2. The van der Waals surface area contributed by atoms with E-state index in [1.54, 1.807) is 0 Å². The Kier molecular flexibility index (Phi) is 4.92. The number of nitrogens with zero attached hydrogens (tertiary/aromatic N) is 1. The molecule has 0 spiro atoms. The van der Waals surface area contributed by atoms with Crippen molar-refractivity contribution in [2.45, 2.75) is 44.7 Å². The molecule has 3 saturated carbocycles. The zero-order valence-corrected chi connectivity index (χ0v) is 19.4. The van der Waals surface area contributed by atoms with Gasteiger partial charge in [-0.15, -0.1) is 0 Å². The van der Waals surface area contributed by atoms with Crippen molar-refractivity contribution in [3.8, 4) is 0 Å². The lowest BCUT2D eigenvalue weighted by Crippen LogP contribution is -2.60. The molecule has 1 N–H and O–H groups in total. The summed E-state index contributed by atoms with van der Waals surface area (Å²) in [6.07, 6.45) is 7.07. The molecule has 1 aliphatic heterocycles. The standard InChI is InChI=1S/C28H28F2N2O2/c1-16-9-20-19-5-3-4-6-23(19)31-26(20)27(32(16)15-28-12-18(13-28)14-28)25-21(29)10-17(11-22(25)30)7-8-24(33)34-2/h3-8,10-11,16,18,27,31H,9,12-15H2,1-2H3/b8-7+/t16-,18?,27-,28?/m1/s1. The highest BCUT2D eigenvalue weighted by molar-refractivity contribution is 5.87. The number of benzene rings is 2. The van der Waals surface area contributed by atoms with Gasteiger partial charge in [0, 0.05) is 40.8 Å². The molecule has 2 aromatic carbocycles. The summed E-state index contributed by atoms with van der Waals surface area (Å²) in [4.78, 5) is 17.3. The molecule has 34 heavy (non-hydrogen) atoms. The van der Waals surface area contributed by atoms with Crippen LogP contribution in [0.3, 0.4) is 0 Å². The van der Waals surface area contributed by atoms with E-state index in [2.05, 4.69) is 27.6 Å². The molecule has 176 valence electrons. The van der Waals surface area contributed by atoms with Gasteiger partial charge in [0.2, 0.25) is 0 Å². The first-order valence-electron chi connectivity index (χ1n) is 12.0. The molecule has 2 heterocycles. The van der Waals surface area contributed by atoms with Crippen LogP contribution in [-0.4, -0.2) is 35.5 Å². The maximum atomic E-state index is 15.7. The van der Waals surface area contributed by atoms with E-state index in [0.717, 1.165) is 41.0 Å². The van der Waals surface area contributed by atoms with E-state index in [9.17, 15) is 4.79 Å². The number of rotatable bonds is 5. The number of H-pyrrole nitrogens is 1. The molecule has 3 aromatic rings. The van der Waals surface area contributed by atoms with Gasteiger partial charge >= 0.3 is 5.97 Å². The van der Waals surface area contributed by atoms with E-state index in [1.807, 2.05) is 18.2 Å². The summed E-state index contributed by atoms with van der Waals surface area (Å²) < 4.78 is 35.9. The normalized spacial score (nSPS) is 27.9. The van der Waals surface area contributed by atoms with Gasteiger partial charge in [0.05, 0.1) is 13.2 Å². The number of carbonyl (C=O) groups excluding carboxylic acids is 1. The summed E-state index contributed by atoms with van der Waals surface area (Å²) in [6.45, 7) is 3.03. The Hall–Kier alpha value is -2.99.